The minimum absolute atomic E-state index is 0.148. The number of aryl methyl sites for hydroxylation is 2. The fourth-order valence-electron chi connectivity index (χ4n) is 4.25. The summed E-state index contributed by atoms with van der Waals surface area (Å²) in [5.41, 5.74) is 1.57. The lowest BCUT2D eigenvalue weighted by atomic mass is 9.85. The second-order valence-electron chi connectivity index (χ2n) is 9.81. The van der Waals surface area contributed by atoms with Crippen molar-refractivity contribution in [2.75, 3.05) is 14.1 Å². The normalized spacial score (nSPS) is 13.9. The molecule has 0 saturated heterocycles. The fraction of sp³-hybridized carbons (Fsp3) is 0.600. The molecule has 7 heteroatoms. The van der Waals surface area contributed by atoms with Gasteiger partial charge in [0, 0.05) is 56.3 Å². The lowest BCUT2D eigenvalue weighted by molar-refractivity contribution is -0.138. The third-order valence-electron chi connectivity index (χ3n) is 6.33. The van der Waals surface area contributed by atoms with E-state index in [0.29, 0.717) is 30.3 Å². The van der Waals surface area contributed by atoms with E-state index >= 15 is 0 Å². The molecule has 0 unspecified atom stereocenters. The van der Waals surface area contributed by atoms with Gasteiger partial charge in [-0.15, -0.1) is 10.2 Å². The molecule has 32 heavy (non-hydrogen) atoms. The van der Waals surface area contributed by atoms with Crippen LogP contribution < -0.4 is 0 Å². The zero-order valence-corrected chi connectivity index (χ0v) is 20.7. The lowest BCUT2D eigenvalue weighted by Gasteiger charge is -2.27. The largest absolute Gasteiger partial charge is 0.348 e. The molecule has 3 rings (SSSR count). The number of benzene rings is 1. The van der Waals surface area contributed by atoms with Gasteiger partial charge >= 0.3 is 0 Å². The molecule has 1 fully saturated rings. The third kappa shape index (κ3) is 5.97. The summed E-state index contributed by atoms with van der Waals surface area (Å²) in [6.07, 6.45) is 6.19. The van der Waals surface area contributed by atoms with E-state index in [0.717, 1.165) is 54.9 Å². The smallest absolute Gasteiger partial charge is 0.227 e. The van der Waals surface area contributed by atoms with Crippen LogP contribution in [0.25, 0.3) is 0 Å². The molecular weight excluding hydrogens is 424 g/mol. The zero-order chi connectivity index (χ0) is 23.5. The zero-order valence-electron chi connectivity index (χ0n) is 19.9. The van der Waals surface area contributed by atoms with Crippen molar-refractivity contribution < 1.29 is 9.59 Å². The van der Waals surface area contributed by atoms with E-state index < -0.39 is 0 Å². The monoisotopic (exact) mass is 458 g/mol. The molecule has 0 spiro atoms. The maximum absolute atomic E-state index is 12.6. The predicted octanol–water partition coefficient (Wildman–Crippen LogP) is 4.76. The van der Waals surface area contributed by atoms with Gasteiger partial charge in [0.2, 0.25) is 5.91 Å². The summed E-state index contributed by atoms with van der Waals surface area (Å²) < 4.78 is 2.25. The minimum atomic E-state index is -0.387. The van der Waals surface area contributed by atoms with Gasteiger partial charge in [0.05, 0.1) is 0 Å². The van der Waals surface area contributed by atoms with Crippen LogP contribution in [0.15, 0.2) is 18.2 Å². The summed E-state index contributed by atoms with van der Waals surface area (Å²) in [5, 5.41) is 9.58. The number of ketones is 1. The third-order valence-corrected chi connectivity index (χ3v) is 6.74. The number of carbonyl (C=O) groups excluding carboxylic acids is 2. The number of hydrogen-bond acceptors (Lipinski definition) is 4. The number of nitrogens with zero attached hydrogens (tertiary/aromatic N) is 4. The molecule has 0 atom stereocenters. The van der Waals surface area contributed by atoms with Crippen LogP contribution in [0.3, 0.4) is 0 Å². The molecule has 1 aliphatic carbocycles. The highest BCUT2D eigenvalue weighted by Gasteiger charge is 2.31. The van der Waals surface area contributed by atoms with Gasteiger partial charge in [-0.05, 0) is 49.8 Å². The highest BCUT2D eigenvalue weighted by molar-refractivity contribution is 6.31. The quantitative estimate of drug-likeness (QED) is 0.487. The van der Waals surface area contributed by atoms with E-state index in [1.165, 1.54) is 0 Å². The van der Waals surface area contributed by atoms with E-state index in [9.17, 15) is 9.59 Å². The first-order valence-electron chi connectivity index (χ1n) is 11.5. The topological polar surface area (TPSA) is 68.1 Å². The molecule has 0 bridgehead atoms. The predicted molar refractivity (Wildman–Crippen MR) is 127 cm³/mol. The highest BCUT2D eigenvalue weighted by Crippen LogP contribution is 2.37. The summed E-state index contributed by atoms with van der Waals surface area (Å²) in [6.45, 7) is 5.95. The van der Waals surface area contributed by atoms with Crippen molar-refractivity contribution >= 4 is 23.3 Å². The van der Waals surface area contributed by atoms with Gasteiger partial charge in [-0.25, -0.2) is 0 Å². The first kappa shape index (κ1) is 24.4. The Kier molecular flexibility index (Phi) is 7.75. The van der Waals surface area contributed by atoms with Crippen LogP contribution in [-0.2, 0) is 28.9 Å². The Labute approximate surface area is 196 Å². The molecule has 1 aromatic heterocycles. The van der Waals surface area contributed by atoms with Gasteiger partial charge in [-0.3, -0.25) is 9.59 Å². The van der Waals surface area contributed by atoms with Crippen LogP contribution in [0.4, 0.5) is 0 Å². The molecule has 1 saturated carbocycles. The molecule has 1 aromatic carbocycles. The van der Waals surface area contributed by atoms with Crippen molar-refractivity contribution in [1.82, 2.24) is 19.7 Å². The van der Waals surface area contributed by atoms with E-state index in [1.54, 1.807) is 19.0 Å². The van der Waals surface area contributed by atoms with E-state index in [2.05, 4.69) is 14.8 Å². The fourth-order valence-corrected chi connectivity index (χ4v) is 4.45. The molecule has 0 N–H and O–H groups in total. The van der Waals surface area contributed by atoms with Crippen molar-refractivity contribution in [1.29, 1.82) is 0 Å². The van der Waals surface area contributed by atoms with Crippen LogP contribution in [-0.4, -0.2) is 45.5 Å². The Hall–Kier alpha value is -2.21. The number of carbonyl (C=O) groups is 2. The van der Waals surface area contributed by atoms with Gasteiger partial charge in [-0.2, -0.15) is 0 Å². The Morgan fingerprint density at radius 3 is 2.44 bits per heavy atom. The summed E-state index contributed by atoms with van der Waals surface area (Å²) in [5.74, 6) is 2.22. The molecule has 0 radical (unpaired) electrons. The Morgan fingerprint density at radius 1 is 1.16 bits per heavy atom. The summed E-state index contributed by atoms with van der Waals surface area (Å²) in [4.78, 5) is 26.6. The molecule has 1 amide bonds. The van der Waals surface area contributed by atoms with Crippen LogP contribution >= 0.6 is 11.6 Å². The average Bonchev–Trinajstić information content (AvgIpc) is 3.49. The number of Topliss-reactive ketones (excluding diaryl/α,β-unsaturated/α-hetero) is 1. The van der Waals surface area contributed by atoms with E-state index in [1.807, 2.05) is 39.0 Å². The summed E-state index contributed by atoms with van der Waals surface area (Å²) >= 11 is 6.18. The van der Waals surface area contributed by atoms with Crippen LogP contribution in [0.2, 0.25) is 5.02 Å². The van der Waals surface area contributed by atoms with Gasteiger partial charge in [0.25, 0.3) is 0 Å². The summed E-state index contributed by atoms with van der Waals surface area (Å²) in [6, 6.07) is 6.16. The van der Waals surface area contributed by atoms with Crippen LogP contribution in [0.5, 0.6) is 0 Å². The van der Waals surface area contributed by atoms with Crippen molar-refractivity contribution in [3.63, 3.8) is 0 Å². The first-order valence-corrected chi connectivity index (χ1v) is 11.9. The number of hydrogen-bond donors (Lipinski definition) is 0. The minimum Gasteiger partial charge on any atom is -0.348 e. The molecule has 2 aromatic rings. The standard InChI is InChI=1S/C25H35ClN4O2/c1-17-18(8-6-9-21(17)26)16-20(31)13-14-23-28-27-22(30(23)19-11-12-19)10-7-15-25(2,3)24(32)29(4)5/h6,8-9,19H,7,10-16H2,1-5H3. The van der Waals surface area contributed by atoms with E-state index in [4.69, 9.17) is 11.6 Å². The second-order valence-corrected chi connectivity index (χ2v) is 10.2. The highest BCUT2D eigenvalue weighted by atomic mass is 35.5. The van der Waals surface area contributed by atoms with Crippen LogP contribution in [0.1, 0.15) is 74.8 Å². The van der Waals surface area contributed by atoms with Gasteiger partial charge < -0.3 is 9.47 Å². The molecule has 174 valence electrons. The van der Waals surface area contributed by atoms with Crippen molar-refractivity contribution in [3.8, 4) is 0 Å². The second kappa shape index (κ2) is 10.2. The van der Waals surface area contributed by atoms with Crippen molar-refractivity contribution in [2.24, 2.45) is 5.41 Å². The Bertz CT molecular complexity index is 976. The first-order chi connectivity index (χ1) is 15.1. The molecular formula is C25H35ClN4O2. The molecule has 1 heterocycles. The maximum Gasteiger partial charge on any atom is 0.227 e. The molecule has 1 aliphatic rings. The van der Waals surface area contributed by atoms with Gasteiger partial charge in [0.1, 0.15) is 17.4 Å². The molecule has 0 aliphatic heterocycles. The van der Waals surface area contributed by atoms with Crippen molar-refractivity contribution in [2.45, 2.75) is 78.2 Å². The Morgan fingerprint density at radius 2 is 1.81 bits per heavy atom. The average molecular weight is 459 g/mol. The summed E-state index contributed by atoms with van der Waals surface area (Å²) in [7, 11) is 3.60. The maximum atomic E-state index is 12.6. The van der Waals surface area contributed by atoms with Crippen molar-refractivity contribution in [3.05, 3.63) is 46.0 Å². The van der Waals surface area contributed by atoms with E-state index in [-0.39, 0.29) is 17.1 Å². The Balaban J connectivity index is 1.58. The SMILES string of the molecule is Cc1c(Cl)cccc1CC(=O)CCc1nnc(CCCC(C)(C)C(=O)N(C)C)n1C1CC1. The van der Waals surface area contributed by atoms with Gasteiger partial charge in [-0.1, -0.05) is 37.6 Å². The number of aromatic nitrogens is 3. The van der Waals surface area contributed by atoms with Gasteiger partial charge in [0.15, 0.2) is 0 Å². The number of halogens is 1. The number of rotatable bonds is 11. The lowest BCUT2D eigenvalue weighted by Crippen LogP contribution is -2.36. The molecule has 6 nitrogen and oxygen atoms in total. The number of amides is 1. The van der Waals surface area contributed by atoms with Crippen LogP contribution in [0, 0.1) is 12.3 Å².